The lowest BCUT2D eigenvalue weighted by Crippen LogP contribution is -2.55. The molecule has 8 nitrogen and oxygen atoms in total. The molecule has 11 heteroatoms. The van der Waals surface area contributed by atoms with E-state index in [0.717, 1.165) is 17.0 Å². The molecule has 144 valence electrons. The van der Waals surface area contributed by atoms with E-state index in [1.807, 2.05) is 0 Å². The van der Waals surface area contributed by atoms with Gasteiger partial charge in [0.15, 0.2) is 11.5 Å². The fourth-order valence-corrected chi connectivity index (χ4v) is 2.17. The number of halogens is 3. The molecule has 1 aliphatic heterocycles. The van der Waals surface area contributed by atoms with Crippen molar-refractivity contribution in [2.24, 2.45) is 5.90 Å². The summed E-state index contributed by atoms with van der Waals surface area (Å²) in [6.07, 6.45) is -3.32. The number of carboxylic acid groups (broad SMARTS) is 1. The molecule has 1 aliphatic rings. The lowest BCUT2D eigenvalue weighted by Gasteiger charge is -2.38. The van der Waals surface area contributed by atoms with Gasteiger partial charge in [-0.25, -0.2) is 10.7 Å². The SMILES string of the molecule is C=CCOc1ccc(C(=O)N2CCC2C(=O)O)cc1OC(F)(F)F.NO. The highest BCUT2D eigenvalue weighted by Gasteiger charge is 2.38. The Morgan fingerprint density at radius 3 is 2.46 bits per heavy atom. The summed E-state index contributed by atoms with van der Waals surface area (Å²) >= 11 is 0. The van der Waals surface area contributed by atoms with E-state index in [0.29, 0.717) is 6.42 Å². The molecule has 1 fully saturated rings. The van der Waals surface area contributed by atoms with Crippen molar-refractivity contribution in [3.63, 3.8) is 0 Å². The zero-order valence-electron chi connectivity index (χ0n) is 13.4. The maximum absolute atomic E-state index is 12.5. The summed E-state index contributed by atoms with van der Waals surface area (Å²) in [6.45, 7) is 3.56. The van der Waals surface area contributed by atoms with Gasteiger partial charge < -0.3 is 24.7 Å². The molecule has 1 heterocycles. The van der Waals surface area contributed by atoms with Crippen molar-refractivity contribution < 1.29 is 42.5 Å². The maximum atomic E-state index is 12.5. The number of hydrogen-bond donors (Lipinski definition) is 3. The first-order valence-electron chi connectivity index (χ1n) is 7.16. The van der Waals surface area contributed by atoms with Crippen LogP contribution in [0, 0.1) is 0 Å². The number of alkyl halides is 3. The van der Waals surface area contributed by atoms with Crippen LogP contribution in [0.1, 0.15) is 16.8 Å². The molecule has 4 N–H and O–H groups in total. The summed E-state index contributed by atoms with van der Waals surface area (Å²) in [6, 6.07) is 2.32. The van der Waals surface area contributed by atoms with Gasteiger partial charge in [0, 0.05) is 12.1 Å². The normalized spacial score (nSPS) is 15.9. The van der Waals surface area contributed by atoms with Crippen molar-refractivity contribution in [2.45, 2.75) is 18.8 Å². The molecule has 0 bridgehead atoms. The standard InChI is InChI=1S/C15H14F3NO5.H3NO/c1-2-7-23-11-4-3-9(8-12(11)24-15(16,17)18)13(20)19-6-5-10(19)14(21)22;1-2/h2-4,8,10H,1,5-7H2,(H,21,22);2H,1H2. The number of benzene rings is 1. The van der Waals surface area contributed by atoms with E-state index in [1.54, 1.807) is 0 Å². The van der Waals surface area contributed by atoms with Gasteiger partial charge in [0.05, 0.1) is 0 Å². The quantitative estimate of drug-likeness (QED) is 0.509. The van der Waals surface area contributed by atoms with Crippen LogP contribution >= 0.6 is 0 Å². The van der Waals surface area contributed by atoms with Gasteiger partial charge in [0.1, 0.15) is 12.6 Å². The van der Waals surface area contributed by atoms with Gasteiger partial charge >= 0.3 is 12.3 Å². The Kier molecular flexibility index (Phi) is 7.41. The Bertz CT molecular complexity index is 665. The molecule has 0 saturated carbocycles. The summed E-state index contributed by atoms with van der Waals surface area (Å²) in [5.74, 6) is 0.771. The Morgan fingerprint density at radius 2 is 2.00 bits per heavy atom. The maximum Gasteiger partial charge on any atom is 0.573 e. The highest BCUT2D eigenvalue weighted by atomic mass is 19.4. The van der Waals surface area contributed by atoms with Crippen molar-refractivity contribution in [1.29, 1.82) is 0 Å². The minimum Gasteiger partial charge on any atom is -0.486 e. The van der Waals surface area contributed by atoms with Crippen LogP contribution in [-0.4, -0.2) is 52.6 Å². The topological polar surface area (TPSA) is 122 Å². The number of ether oxygens (including phenoxy) is 2. The zero-order valence-corrected chi connectivity index (χ0v) is 13.4. The Balaban J connectivity index is 0.00000163. The first-order valence-corrected chi connectivity index (χ1v) is 7.16. The third-order valence-corrected chi connectivity index (χ3v) is 3.34. The van der Waals surface area contributed by atoms with Crippen LogP contribution in [0.3, 0.4) is 0 Å². The second kappa shape index (κ2) is 9.06. The number of amides is 1. The Morgan fingerprint density at radius 1 is 1.35 bits per heavy atom. The van der Waals surface area contributed by atoms with E-state index >= 15 is 0 Å². The number of carbonyl (C=O) groups excluding carboxylic acids is 1. The smallest absolute Gasteiger partial charge is 0.486 e. The Hall–Kier alpha value is -2.79. The number of hydrogen-bond acceptors (Lipinski definition) is 6. The first kappa shape index (κ1) is 21.3. The monoisotopic (exact) mass is 378 g/mol. The fraction of sp³-hybridized carbons (Fsp3) is 0.333. The summed E-state index contributed by atoms with van der Waals surface area (Å²) < 4.78 is 46.5. The van der Waals surface area contributed by atoms with Gasteiger partial charge in [-0.2, -0.15) is 0 Å². The largest absolute Gasteiger partial charge is 0.573 e. The second-order valence-electron chi connectivity index (χ2n) is 4.95. The summed E-state index contributed by atoms with van der Waals surface area (Å²) in [4.78, 5) is 24.3. The molecule has 1 atom stereocenters. The van der Waals surface area contributed by atoms with Crippen LogP contribution in [0.15, 0.2) is 30.9 Å². The minimum atomic E-state index is -4.96. The third kappa shape index (κ3) is 5.36. The third-order valence-electron chi connectivity index (χ3n) is 3.34. The van der Waals surface area contributed by atoms with Crippen molar-refractivity contribution in [3.8, 4) is 11.5 Å². The zero-order chi connectivity index (χ0) is 19.9. The van der Waals surface area contributed by atoms with E-state index in [4.69, 9.17) is 15.1 Å². The lowest BCUT2D eigenvalue weighted by atomic mass is 10.0. The summed E-state index contributed by atoms with van der Waals surface area (Å²) in [5, 5.41) is 15.5. The number of carbonyl (C=O) groups is 2. The lowest BCUT2D eigenvalue weighted by molar-refractivity contribution is -0.275. The van der Waals surface area contributed by atoms with Crippen LogP contribution in [0.2, 0.25) is 0 Å². The predicted molar refractivity (Wildman–Crippen MR) is 81.9 cm³/mol. The molecular weight excluding hydrogens is 361 g/mol. The number of carboxylic acids is 1. The van der Waals surface area contributed by atoms with Crippen LogP contribution in [0.25, 0.3) is 0 Å². The van der Waals surface area contributed by atoms with Gasteiger partial charge in [0.2, 0.25) is 0 Å². The molecule has 0 radical (unpaired) electrons. The van der Waals surface area contributed by atoms with Gasteiger partial charge in [0.25, 0.3) is 5.91 Å². The predicted octanol–water partition coefficient (Wildman–Crippen LogP) is 1.78. The van der Waals surface area contributed by atoms with Crippen molar-refractivity contribution in [1.82, 2.24) is 4.90 Å². The molecule has 26 heavy (non-hydrogen) atoms. The molecule has 0 spiro atoms. The molecule has 0 aliphatic carbocycles. The molecule has 1 saturated heterocycles. The number of aliphatic carboxylic acids is 1. The fourth-order valence-electron chi connectivity index (χ4n) is 2.17. The van der Waals surface area contributed by atoms with E-state index in [2.05, 4.69) is 17.2 Å². The molecule has 1 aromatic rings. The average Bonchev–Trinajstić information content (AvgIpc) is 2.52. The molecule has 1 unspecified atom stereocenters. The molecule has 0 aromatic heterocycles. The summed E-state index contributed by atoms with van der Waals surface area (Å²) in [5.41, 5.74) is -0.119. The van der Waals surface area contributed by atoms with Crippen molar-refractivity contribution in [3.05, 3.63) is 36.4 Å². The number of rotatable bonds is 6. The first-order chi connectivity index (χ1) is 12.2. The second-order valence-corrected chi connectivity index (χ2v) is 4.95. The van der Waals surface area contributed by atoms with Crippen LogP contribution in [0.5, 0.6) is 11.5 Å². The number of nitrogens with zero attached hydrogens (tertiary/aromatic N) is 1. The van der Waals surface area contributed by atoms with E-state index in [9.17, 15) is 22.8 Å². The van der Waals surface area contributed by atoms with E-state index in [1.165, 1.54) is 12.1 Å². The highest BCUT2D eigenvalue weighted by Crippen LogP contribution is 2.34. The molecular formula is C15H17F3N2O6. The number of nitrogens with two attached hydrogens (primary N) is 1. The Labute approximate surface area is 146 Å². The van der Waals surface area contributed by atoms with Gasteiger partial charge in [-0.15, -0.1) is 13.2 Å². The van der Waals surface area contributed by atoms with Gasteiger partial charge in [-0.1, -0.05) is 12.7 Å². The summed E-state index contributed by atoms with van der Waals surface area (Å²) in [7, 11) is 0. The minimum absolute atomic E-state index is 0.0469. The highest BCUT2D eigenvalue weighted by molar-refractivity contribution is 5.98. The molecule has 1 aromatic carbocycles. The molecule has 1 amide bonds. The van der Waals surface area contributed by atoms with Gasteiger partial charge in [-0.3, -0.25) is 4.79 Å². The van der Waals surface area contributed by atoms with E-state index < -0.39 is 30.0 Å². The van der Waals surface area contributed by atoms with Gasteiger partial charge in [-0.05, 0) is 24.6 Å². The number of likely N-dealkylation sites (tertiary alicyclic amines) is 1. The average molecular weight is 378 g/mol. The van der Waals surface area contributed by atoms with Crippen LogP contribution in [-0.2, 0) is 4.79 Å². The van der Waals surface area contributed by atoms with Crippen LogP contribution in [0.4, 0.5) is 13.2 Å². The van der Waals surface area contributed by atoms with Crippen LogP contribution < -0.4 is 15.4 Å². The van der Waals surface area contributed by atoms with Crippen molar-refractivity contribution in [2.75, 3.05) is 13.2 Å². The molecule has 2 rings (SSSR count). The van der Waals surface area contributed by atoms with E-state index in [-0.39, 0.29) is 24.5 Å². The van der Waals surface area contributed by atoms with Crippen molar-refractivity contribution >= 4 is 11.9 Å².